The lowest BCUT2D eigenvalue weighted by atomic mass is 9.89. The number of hydrogen-bond acceptors (Lipinski definition) is 3. The maximum absolute atomic E-state index is 12.7. The molecule has 0 atom stereocenters. The smallest absolute Gasteiger partial charge is 0.255 e. The van der Waals surface area contributed by atoms with Gasteiger partial charge in [-0.15, -0.1) is 0 Å². The van der Waals surface area contributed by atoms with Gasteiger partial charge in [0.05, 0.1) is 5.56 Å². The molecule has 1 heterocycles. The molecule has 118 valence electrons. The summed E-state index contributed by atoms with van der Waals surface area (Å²) in [6.45, 7) is 9.23. The van der Waals surface area contributed by atoms with Gasteiger partial charge in [0.25, 0.3) is 5.91 Å². The molecule has 2 N–H and O–H groups in total. The number of rotatable bonds is 8. The Kier molecular flexibility index (Phi) is 7.15. The van der Waals surface area contributed by atoms with Crippen LogP contribution in [-0.2, 0) is 0 Å². The van der Waals surface area contributed by atoms with Gasteiger partial charge in [-0.25, -0.2) is 4.98 Å². The molecule has 1 rings (SSSR count). The summed E-state index contributed by atoms with van der Waals surface area (Å²) < 4.78 is 0.810. The zero-order valence-corrected chi connectivity index (χ0v) is 15.0. The van der Waals surface area contributed by atoms with Gasteiger partial charge in [0.15, 0.2) is 0 Å². The Morgan fingerprint density at radius 1 is 1.24 bits per heavy atom. The van der Waals surface area contributed by atoms with Crippen LogP contribution in [0.1, 0.15) is 63.7 Å². The summed E-state index contributed by atoms with van der Waals surface area (Å²) in [6, 6.07) is 1.83. The average Bonchev–Trinajstić information content (AvgIpc) is 2.51. The molecule has 0 fully saturated rings. The molecule has 0 spiro atoms. The number of hydrogen-bond donors (Lipinski definition) is 2. The van der Waals surface area contributed by atoms with Crippen molar-refractivity contribution in [2.75, 3.05) is 11.9 Å². The number of halogens is 1. The fourth-order valence-electron chi connectivity index (χ4n) is 2.32. The largest absolute Gasteiger partial charge is 0.369 e. The molecule has 1 aromatic heterocycles. The van der Waals surface area contributed by atoms with Crippen LogP contribution in [0.4, 0.5) is 5.82 Å². The average molecular weight is 356 g/mol. The lowest BCUT2D eigenvalue weighted by Gasteiger charge is -2.32. The van der Waals surface area contributed by atoms with Gasteiger partial charge in [0, 0.05) is 22.8 Å². The van der Waals surface area contributed by atoms with Crippen LogP contribution >= 0.6 is 15.9 Å². The van der Waals surface area contributed by atoms with Crippen molar-refractivity contribution in [3.05, 3.63) is 22.3 Å². The maximum atomic E-state index is 12.7. The molecule has 4 nitrogen and oxygen atoms in total. The molecule has 1 aromatic rings. The molecule has 0 saturated heterocycles. The van der Waals surface area contributed by atoms with Gasteiger partial charge < -0.3 is 10.6 Å². The van der Waals surface area contributed by atoms with E-state index in [1.165, 1.54) is 0 Å². The first kappa shape index (κ1) is 18.0. The normalized spacial score (nSPS) is 11.3. The second-order valence-corrected chi connectivity index (χ2v) is 6.19. The Morgan fingerprint density at radius 2 is 1.86 bits per heavy atom. The zero-order chi connectivity index (χ0) is 15.9. The van der Waals surface area contributed by atoms with Crippen molar-refractivity contribution < 1.29 is 4.79 Å². The van der Waals surface area contributed by atoms with Crippen LogP contribution in [0.2, 0.25) is 0 Å². The number of aromatic nitrogens is 1. The Bertz CT molecular complexity index is 464. The molecule has 1 amide bonds. The summed E-state index contributed by atoms with van der Waals surface area (Å²) >= 11 is 3.39. The van der Waals surface area contributed by atoms with E-state index in [1.54, 1.807) is 6.20 Å². The van der Waals surface area contributed by atoms with Crippen molar-refractivity contribution in [1.29, 1.82) is 0 Å². The number of carbonyl (C=O) groups is 1. The second kappa shape index (κ2) is 8.37. The van der Waals surface area contributed by atoms with Crippen molar-refractivity contribution in [1.82, 2.24) is 10.3 Å². The van der Waals surface area contributed by atoms with Crippen LogP contribution in [0, 0.1) is 0 Å². The lowest BCUT2D eigenvalue weighted by Crippen LogP contribution is -2.47. The topological polar surface area (TPSA) is 54.0 Å². The molecule has 0 aliphatic carbocycles. The van der Waals surface area contributed by atoms with Crippen molar-refractivity contribution in [3.8, 4) is 0 Å². The van der Waals surface area contributed by atoms with E-state index in [4.69, 9.17) is 0 Å². The van der Waals surface area contributed by atoms with E-state index < -0.39 is 0 Å². The lowest BCUT2D eigenvalue weighted by molar-refractivity contribution is 0.0888. The minimum atomic E-state index is -0.137. The number of carbonyl (C=O) groups excluding carboxylic acids is 1. The number of anilines is 1. The molecular formula is C16H26BrN3O. The van der Waals surface area contributed by atoms with Crippen molar-refractivity contribution in [2.45, 2.75) is 58.9 Å². The number of amides is 1. The van der Waals surface area contributed by atoms with Crippen molar-refractivity contribution >= 4 is 27.7 Å². The SMILES string of the molecule is CCCNc1ncc(Br)cc1C(=O)NC(CC)(CC)CC. The summed E-state index contributed by atoms with van der Waals surface area (Å²) in [4.78, 5) is 17.0. The molecule has 0 unspecified atom stereocenters. The van der Waals surface area contributed by atoms with Crippen LogP contribution in [-0.4, -0.2) is 23.0 Å². The number of nitrogens with zero attached hydrogens (tertiary/aromatic N) is 1. The summed E-state index contributed by atoms with van der Waals surface area (Å²) in [5.74, 6) is 0.586. The standard InChI is InChI=1S/C16H26BrN3O/c1-5-9-18-14-13(10-12(17)11-19-14)15(21)20-16(6-2,7-3)8-4/h10-11H,5-9H2,1-4H3,(H,18,19)(H,20,21). The van der Waals surface area contributed by atoms with E-state index in [0.717, 1.165) is 36.7 Å². The Hall–Kier alpha value is -1.10. The molecule has 0 radical (unpaired) electrons. The van der Waals surface area contributed by atoms with E-state index in [0.29, 0.717) is 11.4 Å². The van der Waals surface area contributed by atoms with Crippen LogP contribution in [0.15, 0.2) is 16.7 Å². The highest BCUT2D eigenvalue weighted by molar-refractivity contribution is 9.10. The Labute approximate surface area is 136 Å². The summed E-state index contributed by atoms with van der Waals surface area (Å²) in [6.07, 6.45) is 5.46. The van der Waals surface area contributed by atoms with Gasteiger partial charge in [-0.1, -0.05) is 27.7 Å². The van der Waals surface area contributed by atoms with Crippen molar-refractivity contribution in [3.63, 3.8) is 0 Å². The highest BCUT2D eigenvalue weighted by Crippen LogP contribution is 2.23. The molecule has 0 saturated carbocycles. The fourth-order valence-corrected chi connectivity index (χ4v) is 2.65. The minimum Gasteiger partial charge on any atom is -0.369 e. The quantitative estimate of drug-likeness (QED) is 0.727. The van der Waals surface area contributed by atoms with E-state index in [2.05, 4.69) is 59.2 Å². The van der Waals surface area contributed by atoms with Gasteiger partial charge in [-0.2, -0.15) is 0 Å². The third kappa shape index (κ3) is 4.70. The highest BCUT2D eigenvalue weighted by atomic mass is 79.9. The maximum Gasteiger partial charge on any atom is 0.255 e. The van der Waals surface area contributed by atoms with Crippen molar-refractivity contribution in [2.24, 2.45) is 0 Å². The van der Waals surface area contributed by atoms with Gasteiger partial charge in [-0.3, -0.25) is 4.79 Å². The van der Waals surface area contributed by atoms with Crippen LogP contribution in [0.5, 0.6) is 0 Å². The minimum absolute atomic E-state index is 0.0621. The van der Waals surface area contributed by atoms with Crippen LogP contribution in [0.25, 0.3) is 0 Å². The van der Waals surface area contributed by atoms with Gasteiger partial charge in [0.1, 0.15) is 5.82 Å². The molecule has 21 heavy (non-hydrogen) atoms. The first-order valence-electron chi connectivity index (χ1n) is 7.73. The van der Waals surface area contributed by atoms with Gasteiger partial charge >= 0.3 is 0 Å². The first-order chi connectivity index (χ1) is 10.0. The number of pyridine rings is 1. The summed E-state index contributed by atoms with van der Waals surface area (Å²) in [5, 5.41) is 6.42. The van der Waals surface area contributed by atoms with E-state index in [-0.39, 0.29) is 11.4 Å². The summed E-state index contributed by atoms with van der Waals surface area (Å²) in [5.41, 5.74) is 0.457. The monoisotopic (exact) mass is 355 g/mol. The summed E-state index contributed by atoms with van der Waals surface area (Å²) in [7, 11) is 0. The third-order valence-corrected chi connectivity index (χ3v) is 4.48. The molecule has 0 aliphatic heterocycles. The van der Waals surface area contributed by atoms with E-state index in [9.17, 15) is 4.79 Å². The van der Waals surface area contributed by atoms with Crippen LogP contribution < -0.4 is 10.6 Å². The molecule has 0 aliphatic rings. The van der Waals surface area contributed by atoms with E-state index >= 15 is 0 Å². The van der Waals surface area contributed by atoms with Gasteiger partial charge in [0.2, 0.25) is 0 Å². The Balaban J connectivity index is 3.02. The molecular weight excluding hydrogens is 330 g/mol. The molecule has 0 bridgehead atoms. The number of nitrogens with one attached hydrogen (secondary N) is 2. The predicted molar refractivity (Wildman–Crippen MR) is 91.8 cm³/mol. The molecule has 0 aromatic carbocycles. The Morgan fingerprint density at radius 3 is 2.38 bits per heavy atom. The fraction of sp³-hybridized carbons (Fsp3) is 0.625. The second-order valence-electron chi connectivity index (χ2n) is 5.27. The zero-order valence-electron chi connectivity index (χ0n) is 13.4. The van der Waals surface area contributed by atoms with Crippen LogP contribution in [0.3, 0.4) is 0 Å². The third-order valence-electron chi connectivity index (χ3n) is 4.05. The molecule has 5 heteroatoms. The van der Waals surface area contributed by atoms with E-state index in [1.807, 2.05) is 6.07 Å². The van der Waals surface area contributed by atoms with Gasteiger partial charge in [-0.05, 0) is 47.7 Å². The first-order valence-corrected chi connectivity index (χ1v) is 8.53. The predicted octanol–water partition coefficient (Wildman–Crippen LogP) is 4.36. The highest BCUT2D eigenvalue weighted by Gasteiger charge is 2.27.